The normalized spacial score (nSPS) is 10.2. The summed E-state index contributed by atoms with van der Waals surface area (Å²) >= 11 is 2.12. The molecule has 0 spiro atoms. The zero-order valence-electron chi connectivity index (χ0n) is 12.8. The lowest BCUT2D eigenvalue weighted by Crippen LogP contribution is -2.11. The van der Waals surface area contributed by atoms with E-state index in [0.717, 1.165) is 9.13 Å². The van der Waals surface area contributed by atoms with Gasteiger partial charge in [-0.05, 0) is 52.4 Å². The zero-order valence-corrected chi connectivity index (χ0v) is 15.0. The maximum absolute atomic E-state index is 12.4. The first-order valence-electron chi connectivity index (χ1n) is 7.46. The van der Waals surface area contributed by atoms with Gasteiger partial charge in [0.25, 0.3) is 0 Å². The molecule has 0 N–H and O–H groups in total. The topological polar surface area (TPSA) is 35.5 Å². The molecule has 0 aliphatic heterocycles. The Morgan fingerprint density at radius 3 is 2.21 bits per heavy atom. The van der Waals surface area contributed by atoms with Crippen molar-refractivity contribution in [3.8, 4) is 11.5 Å². The molecule has 0 atom stereocenters. The molecule has 0 aliphatic carbocycles. The number of rotatable bonds is 5. The summed E-state index contributed by atoms with van der Waals surface area (Å²) in [4.78, 5) is 12.4. The summed E-state index contributed by atoms with van der Waals surface area (Å²) in [5.41, 5.74) is 1.57. The maximum atomic E-state index is 12.4. The minimum absolute atomic E-state index is 0.393. The van der Waals surface area contributed by atoms with Crippen molar-refractivity contribution in [2.45, 2.75) is 6.61 Å². The number of carbonyl (C=O) groups is 1. The van der Waals surface area contributed by atoms with Gasteiger partial charge in [0.1, 0.15) is 18.1 Å². The molecule has 3 aromatic rings. The molecule has 3 rings (SSSR count). The van der Waals surface area contributed by atoms with E-state index in [1.807, 2.05) is 54.6 Å². The number of carbonyl (C=O) groups excluding carboxylic acids is 1. The van der Waals surface area contributed by atoms with Crippen LogP contribution in [0.2, 0.25) is 0 Å². The second-order valence-corrected chi connectivity index (χ2v) is 6.17. The molecule has 0 saturated carbocycles. The molecule has 0 amide bonds. The van der Waals surface area contributed by atoms with Crippen molar-refractivity contribution in [3.05, 3.63) is 93.6 Å². The Bertz CT molecular complexity index is 817. The van der Waals surface area contributed by atoms with Gasteiger partial charge in [0, 0.05) is 0 Å². The number of halogens is 1. The summed E-state index contributed by atoms with van der Waals surface area (Å²) in [5.74, 6) is 0.798. The molecule has 0 saturated heterocycles. The Morgan fingerprint density at radius 1 is 0.833 bits per heavy atom. The van der Waals surface area contributed by atoms with Crippen LogP contribution in [0.1, 0.15) is 15.9 Å². The van der Waals surface area contributed by atoms with Crippen molar-refractivity contribution in [1.29, 1.82) is 0 Å². The molecule has 0 aromatic heterocycles. The van der Waals surface area contributed by atoms with Gasteiger partial charge in [-0.25, -0.2) is 4.79 Å². The molecule has 120 valence electrons. The Kier molecular flexibility index (Phi) is 5.48. The van der Waals surface area contributed by atoms with Gasteiger partial charge < -0.3 is 9.47 Å². The van der Waals surface area contributed by atoms with Crippen LogP contribution in [0.3, 0.4) is 0 Å². The van der Waals surface area contributed by atoms with Gasteiger partial charge in [-0.3, -0.25) is 0 Å². The summed E-state index contributed by atoms with van der Waals surface area (Å²) in [6.45, 7) is 0.452. The molecule has 24 heavy (non-hydrogen) atoms. The SMILES string of the molecule is O=C(Oc1ccccc1)c1cccc(OCc2ccccc2)c1I. The van der Waals surface area contributed by atoms with Crippen LogP contribution in [0.5, 0.6) is 11.5 Å². The largest absolute Gasteiger partial charge is 0.488 e. The van der Waals surface area contributed by atoms with Gasteiger partial charge in [0.2, 0.25) is 0 Å². The lowest BCUT2D eigenvalue weighted by molar-refractivity contribution is 0.0733. The van der Waals surface area contributed by atoms with Gasteiger partial charge in [-0.15, -0.1) is 0 Å². The van der Waals surface area contributed by atoms with Gasteiger partial charge in [0.05, 0.1) is 9.13 Å². The summed E-state index contributed by atoms with van der Waals surface area (Å²) in [7, 11) is 0. The molecular formula is C20H15IO3. The maximum Gasteiger partial charge on any atom is 0.344 e. The first-order chi connectivity index (χ1) is 11.7. The third-order valence-electron chi connectivity index (χ3n) is 3.37. The summed E-state index contributed by atoms with van der Waals surface area (Å²) in [6.07, 6.45) is 0. The lowest BCUT2D eigenvalue weighted by Gasteiger charge is -2.11. The second kappa shape index (κ2) is 7.97. The van der Waals surface area contributed by atoms with E-state index in [4.69, 9.17) is 9.47 Å². The number of ether oxygens (including phenoxy) is 2. The summed E-state index contributed by atoms with van der Waals surface area (Å²) in [6, 6.07) is 24.3. The standard InChI is InChI=1S/C20H15IO3/c21-19-17(20(22)24-16-10-5-2-6-11-16)12-7-13-18(19)23-14-15-8-3-1-4-9-15/h1-13H,14H2. The average molecular weight is 430 g/mol. The van der Waals surface area contributed by atoms with Crippen LogP contribution in [-0.2, 0) is 6.61 Å². The van der Waals surface area contributed by atoms with E-state index in [2.05, 4.69) is 22.6 Å². The van der Waals surface area contributed by atoms with E-state index in [1.165, 1.54) is 0 Å². The van der Waals surface area contributed by atoms with E-state index in [1.54, 1.807) is 24.3 Å². The van der Waals surface area contributed by atoms with Crippen LogP contribution in [0.25, 0.3) is 0 Å². The van der Waals surface area contributed by atoms with Crippen molar-refractivity contribution in [2.24, 2.45) is 0 Å². The number of hydrogen-bond acceptors (Lipinski definition) is 3. The van der Waals surface area contributed by atoms with Gasteiger partial charge >= 0.3 is 5.97 Å². The first-order valence-corrected chi connectivity index (χ1v) is 8.54. The van der Waals surface area contributed by atoms with Crippen molar-refractivity contribution in [1.82, 2.24) is 0 Å². The van der Waals surface area contributed by atoms with Crippen molar-refractivity contribution in [2.75, 3.05) is 0 Å². The van der Waals surface area contributed by atoms with Crippen LogP contribution in [-0.4, -0.2) is 5.97 Å². The molecular weight excluding hydrogens is 415 g/mol. The number of esters is 1. The van der Waals surface area contributed by atoms with E-state index in [0.29, 0.717) is 23.7 Å². The van der Waals surface area contributed by atoms with E-state index in [9.17, 15) is 4.79 Å². The third-order valence-corrected chi connectivity index (χ3v) is 4.49. The van der Waals surface area contributed by atoms with Crippen LogP contribution in [0.4, 0.5) is 0 Å². The smallest absolute Gasteiger partial charge is 0.344 e. The average Bonchev–Trinajstić information content (AvgIpc) is 2.62. The monoisotopic (exact) mass is 430 g/mol. The highest BCUT2D eigenvalue weighted by molar-refractivity contribution is 14.1. The molecule has 3 nitrogen and oxygen atoms in total. The minimum atomic E-state index is -0.393. The fraction of sp³-hybridized carbons (Fsp3) is 0.0500. The van der Waals surface area contributed by atoms with Gasteiger partial charge in [0.15, 0.2) is 0 Å². The zero-order chi connectivity index (χ0) is 16.8. The molecule has 0 heterocycles. The highest BCUT2D eigenvalue weighted by atomic mass is 127. The number of hydrogen-bond donors (Lipinski definition) is 0. The number of para-hydroxylation sites is 1. The fourth-order valence-corrected chi connectivity index (χ4v) is 2.90. The highest BCUT2D eigenvalue weighted by Crippen LogP contribution is 2.26. The molecule has 4 heteroatoms. The Labute approximate surface area is 154 Å². The predicted octanol–water partition coefficient (Wildman–Crippen LogP) is 5.09. The van der Waals surface area contributed by atoms with Crippen molar-refractivity contribution >= 4 is 28.6 Å². The van der Waals surface area contributed by atoms with E-state index >= 15 is 0 Å². The summed E-state index contributed by atoms with van der Waals surface area (Å²) in [5, 5.41) is 0. The quantitative estimate of drug-likeness (QED) is 0.322. The fourth-order valence-electron chi connectivity index (χ4n) is 2.17. The Morgan fingerprint density at radius 2 is 1.50 bits per heavy atom. The highest BCUT2D eigenvalue weighted by Gasteiger charge is 2.16. The van der Waals surface area contributed by atoms with Gasteiger partial charge in [-0.2, -0.15) is 0 Å². The Balaban J connectivity index is 1.74. The van der Waals surface area contributed by atoms with Gasteiger partial charge in [-0.1, -0.05) is 54.6 Å². The summed E-state index contributed by atoms with van der Waals surface area (Å²) < 4.78 is 12.0. The molecule has 0 unspecified atom stereocenters. The van der Waals surface area contributed by atoms with E-state index < -0.39 is 5.97 Å². The molecule has 0 aliphatic rings. The second-order valence-electron chi connectivity index (χ2n) is 5.09. The van der Waals surface area contributed by atoms with E-state index in [-0.39, 0.29) is 0 Å². The molecule has 3 aromatic carbocycles. The van der Waals surface area contributed by atoms with Crippen LogP contribution < -0.4 is 9.47 Å². The first kappa shape index (κ1) is 16.5. The third kappa shape index (κ3) is 4.14. The predicted molar refractivity (Wildman–Crippen MR) is 101 cm³/mol. The van der Waals surface area contributed by atoms with Crippen LogP contribution in [0.15, 0.2) is 78.9 Å². The minimum Gasteiger partial charge on any atom is -0.488 e. The van der Waals surface area contributed by atoms with Crippen LogP contribution >= 0.6 is 22.6 Å². The number of benzene rings is 3. The molecule has 0 fully saturated rings. The molecule has 0 bridgehead atoms. The van der Waals surface area contributed by atoms with Crippen molar-refractivity contribution < 1.29 is 14.3 Å². The molecule has 0 radical (unpaired) electrons. The Hall–Kier alpha value is -2.34. The van der Waals surface area contributed by atoms with Crippen LogP contribution in [0, 0.1) is 3.57 Å². The van der Waals surface area contributed by atoms with Crippen molar-refractivity contribution in [3.63, 3.8) is 0 Å². The lowest BCUT2D eigenvalue weighted by atomic mass is 10.2.